The number of unbranched alkanes of at least 4 members (excludes halogenated alkanes) is 1. The Labute approximate surface area is 94.6 Å². The maximum atomic E-state index is 13.5. The van der Waals surface area contributed by atoms with Gasteiger partial charge in [0.25, 0.3) is 0 Å². The first kappa shape index (κ1) is 12.5. The highest BCUT2D eigenvalue weighted by atomic mass is 19.1. The molecule has 1 atom stereocenters. The van der Waals surface area contributed by atoms with Crippen LogP contribution in [0.25, 0.3) is 0 Å². The summed E-state index contributed by atoms with van der Waals surface area (Å²) in [6, 6.07) is 6.50. The molecule has 0 aliphatic carbocycles. The van der Waals surface area contributed by atoms with Crippen molar-refractivity contribution in [1.29, 1.82) is 5.26 Å². The summed E-state index contributed by atoms with van der Waals surface area (Å²) in [4.78, 5) is 0. The van der Waals surface area contributed by atoms with Crippen molar-refractivity contribution in [2.45, 2.75) is 25.8 Å². The second-order valence-corrected chi connectivity index (χ2v) is 3.59. The van der Waals surface area contributed by atoms with E-state index in [9.17, 15) is 4.39 Å². The molecule has 0 heterocycles. The second-order valence-electron chi connectivity index (χ2n) is 3.59. The molecule has 1 aromatic carbocycles. The summed E-state index contributed by atoms with van der Waals surface area (Å²) >= 11 is 0. The van der Waals surface area contributed by atoms with Gasteiger partial charge in [-0.25, -0.2) is 4.39 Å². The number of hydrogen-bond donors (Lipinski definition) is 1. The van der Waals surface area contributed by atoms with E-state index in [1.807, 2.05) is 6.07 Å². The zero-order valence-electron chi connectivity index (χ0n) is 9.24. The Balaban J connectivity index is 2.58. The van der Waals surface area contributed by atoms with Gasteiger partial charge in [0.05, 0.1) is 12.7 Å². The Morgan fingerprint density at radius 1 is 1.56 bits per heavy atom. The van der Waals surface area contributed by atoms with E-state index in [-0.39, 0.29) is 11.8 Å². The number of ether oxygens (including phenoxy) is 1. The van der Waals surface area contributed by atoms with Crippen LogP contribution in [0.2, 0.25) is 0 Å². The molecule has 0 amide bonds. The summed E-state index contributed by atoms with van der Waals surface area (Å²) < 4.78 is 18.7. The maximum absolute atomic E-state index is 13.5. The van der Waals surface area contributed by atoms with Crippen LogP contribution in [0.5, 0.6) is 5.75 Å². The molecular weight excluding hydrogens is 207 g/mol. The van der Waals surface area contributed by atoms with Gasteiger partial charge in [0.15, 0.2) is 11.6 Å². The van der Waals surface area contributed by atoms with Crippen molar-refractivity contribution in [1.82, 2.24) is 0 Å². The number of benzene rings is 1. The summed E-state index contributed by atoms with van der Waals surface area (Å²) in [5, 5.41) is 8.32. The van der Waals surface area contributed by atoms with Gasteiger partial charge in [-0.3, -0.25) is 0 Å². The average molecular weight is 222 g/mol. The van der Waals surface area contributed by atoms with Crippen LogP contribution in [0.1, 0.15) is 31.4 Å². The van der Waals surface area contributed by atoms with Crippen molar-refractivity contribution in [2.75, 3.05) is 6.61 Å². The fraction of sp³-hybridized carbons (Fsp3) is 0.417. The smallest absolute Gasteiger partial charge is 0.165 e. The average Bonchev–Trinajstić information content (AvgIpc) is 2.26. The molecule has 0 aromatic heterocycles. The predicted octanol–water partition coefficient (Wildman–Crippen LogP) is 2.53. The first-order chi connectivity index (χ1) is 7.65. The van der Waals surface area contributed by atoms with E-state index >= 15 is 0 Å². The third-order valence-electron chi connectivity index (χ3n) is 2.17. The first-order valence-corrected chi connectivity index (χ1v) is 5.20. The van der Waals surface area contributed by atoms with Gasteiger partial charge in [0.2, 0.25) is 0 Å². The van der Waals surface area contributed by atoms with E-state index in [0.29, 0.717) is 19.4 Å². The lowest BCUT2D eigenvalue weighted by atomic mass is 10.1. The molecule has 0 saturated carbocycles. The van der Waals surface area contributed by atoms with Crippen LogP contribution < -0.4 is 10.5 Å². The summed E-state index contributed by atoms with van der Waals surface area (Å²) in [5.41, 5.74) is 6.37. The minimum Gasteiger partial charge on any atom is -0.490 e. The molecule has 0 aliphatic rings. The Kier molecular flexibility index (Phi) is 4.74. The zero-order valence-corrected chi connectivity index (χ0v) is 9.24. The maximum Gasteiger partial charge on any atom is 0.165 e. The molecule has 0 saturated heterocycles. The molecule has 0 fully saturated rings. The van der Waals surface area contributed by atoms with Crippen molar-refractivity contribution in [3.05, 3.63) is 29.6 Å². The van der Waals surface area contributed by atoms with Crippen LogP contribution in [-0.4, -0.2) is 6.61 Å². The summed E-state index contributed by atoms with van der Waals surface area (Å²) in [7, 11) is 0. The first-order valence-electron chi connectivity index (χ1n) is 5.20. The largest absolute Gasteiger partial charge is 0.490 e. The van der Waals surface area contributed by atoms with Crippen LogP contribution in [0.15, 0.2) is 18.2 Å². The van der Waals surface area contributed by atoms with Gasteiger partial charge in [0, 0.05) is 12.5 Å². The van der Waals surface area contributed by atoms with Gasteiger partial charge in [-0.15, -0.1) is 0 Å². The highest BCUT2D eigenvalue weighted by Crippen LogP contribution is 2.21. The van der Waals surface area contributed by atoms with E-state index < -0.39 is 5.82 Å². The number of nitrogens with two attached hydrogens (primary N) is 1. The molecular formula is C12H15FN2O. The van der Waals surface area contributed by atoms with Crippen LogP contribution in [0.3, 0.4) is 0 Å². The molecule has 2 N–H and O–H groups in total. The van der Waals surface area contributed by atoms with Crippen LogP contribution >= 0.6 is 0 Å². The molecule has 86 valence electrons. The molecule has 16 heavy (non-hydrogen) atoms. The highest BCUT2D eigenvalue weighted by Gasteiger charge is 2.06. The predicted molar refractivity (Wildman–Crippen MR) is 59.3 cm³/mol. The Morgan fingerprint density at radius 2 is 2.31 bits per heavy atom. The quantitative estimate of drug-likeness (QED) is 0.779. The third kappa shape index (κ3) is 3.52. The van der Waals surface area contributed by atoms with Crippen molar-refractivity contribution < 1.29 is 9.13 Å². The molecule has 0 radical (unpaired) electrons. The van der Waals surface area contributed by atoms with E-state index in [0.717, 1.165) is 5.56 Å². The monoisotopic (exact) mass is 222 g/mol. The molecule has 0 aliphatic heterocycles. The minimum atomic E-state index is -0.410. The Morgan fingerprint density at radius 3 is 2.88 bits per heavy atom. The number of rotatable bonds is 5. The second kappa shape index (κ2) is 6.09. The van der Waals surface area contributed by atoms with Crippen molar-refractivity contribution in [3.63, 3.8) is 0 Å². The number of hydrogen-bond acceptors (Lipinski definition) is 3. The summed E-state index contributed by atoms with van der Waals surface area (Å²) in [5.74, 6) is -0.200. The number of nitrogens with zero attached hydrogens (tertiary/aromatic N) is 1. The van der Waals surface area contributed by atoms with Crippen molar-refractivity contribution >= 4 is 0 Å². The number of halogens is 1. The molecule has 1 unspecified atom stereocenters. The molecule has 3 nitrogen and oxygen atoms in total. The SMILES string of the molecule is CC(N)c1ccc(OCCCC#N)c(F)c1. The van der Waals surface area contributed by atoms with Gasteiger partial charge in [-0.05, 0) is 31.0 Å². The highest BCUT2D eigenvalue weighted by molar-refractivity contribution is 5.30. The van der Waals surface area contributed by atoms with Crippen LogP contribution in [0.4, 0.5) is 4.39 Å². The standard InChI is InChI=1S/C12H15FN2O/c1-9(15)10-4-5-12(11(13)8-10)16-7-3-2-6-14/h4-5,8-9H,2-3,7,15H2,1H3. The fourth-order valence-corrected chi connectivity index (χ4v) is 1.25. The molecule has 1 rings (SSSR count). The lowest BCUT2D eigenvalue weighted by Crippen LogP contribution is -2.06. The molecule has 4 heteroatoms. The van der Waals surface area contributed by atoms with Crippen molar-refractivity contribution in [3.8, 4) is 11.8 Å². The van der Waals surface area contributed by atoms with Gasteiger partial charge >= 0.3 is 0 Å². The van der Waals surface area contributed by atoms with E-state index in [2.05, 4.69) is 0 Å². The van der Waals surface area contributed by atoms with Crippen LogP contribution in [-0.2, 0) is 0 Å². The topological polar surface area (TPSA) is 59.0 Å². The molecule has 0 spiro atoms. The van der Waals surface area contributed by atoms with Crippen molar-refractivity contribution in [2.24, 2.45) is 5.73 Å². The fourth-order valence-electron chi connectivity index (χ4n) is 1.25. The lowest BCUT2D eigenvalue weighted by Gasteiger charge is -2.09. The molecule has 0 bridgehead atoms. The van der Waals surface area contributed by atoms with E-state index in [1.165, 1.54) is 6.07 Å². The lowest BCUT2D eigenvalue weighted by molar-refractivity contribution is 0.297. The molecule has 1 aromatic rings. The van der Waals surface area contributed by atoms with Crippen LogP contribution in [0, 0.1) is 17.1 Å². The summed E-state index contributed by atoms with van der Waals surface area (Å²) in [6.45, 7) is 2.14. The Hall–Kier alpha value is -1.60. The van der Waals surface area contributed by atoms with Gasteiger partial charge < -0.3 is 10.5 Å². The van der Waals surface area contributed by atoms with E-state index in [4.69, 9.17) is 15.7 Å². The Bertz CT molecular complexity index is 385. The van der Waals surface area contributed by atoms with Gasteiger partial charge in [0.1, 0.15) is 0 Å². The minimum absolute atomic E-state index is 0.192. The van der Waals surface area contributed by atoms with E-state index in [1.54, 1.807) is 19.1 Å². The zero-order chi connectivity index (χ0) is 12.0. The third-order valence-corrected chi connectivity index (χ3v) is 2.17. The number of nitriles is 1. The van der Waals surface area contributed by atoms with Gasteiger partial charge in [-0.1, -0.05) is 6.07 Å². The summed E-state index contributed by atoms with van der Waals surface area (Å²) in [6.07, 6.45) is 1.02. The normalized spacial score (nSPS) is 11.9. The van der Waals surface area contributed by atoms with Gasteiger partial charge in [-0.2, -0.15) is 5.26 Å².